The van der Waals surface area contributed by atoms with Gasteiger partial charge in [0.25, 0.3) is 10.0 Å². The summed E-state index contributed by atoms with van der Waals surface area (Å²) in [5.41, 5.74) is 0.295. The Balaban J connectivity index is 1.60. The van der Waals surface area contributed by atoms with Crippen LogP contribution in [0.3, 0.4) is 0 Å². The van der Waals surface area contributed by atoms with Crippen LogP contribution in [0.25, 0.3) is 0 Å². The minimum absolute atomic E-state index is 0.0508. The van der Waals surface area contributed by atoms with Crippen LogP contribution in [0.4, 0.5) is 5.13 Å². The normalized spacial score (nSPS) is 17.8. The van der Waals surface area contributed by atoms with Crippen molar-refractivity contribution in [2.45, 2.75) is 30.3 Å². The summed E-state index contributed by atoms with van der Waals surface area (Å²) >= 11 is 1.19. The number of hydrogen-bond donors (Lipinski definition) is 1. The molecule has 0 amide bonds. The van der Waals surface area contributed by atoms with Crippen molar-refractivity contribution in [2.75, 3.05) is 17.9 Å². The van der Waals surface area contributed by atoms with Crippen LogP contribution in [0.2, 0.25) is 0 Å². The number of nitrogens with zero attached hydrogens (tertiary/aromatic N) is 1. The van der Waals surface area contributed by atoms with Gasteiger partial charge < -0.3 is 9.47 Å². The third-order valence-electron chi connectivity index (χ3n) is 3.73. The second-order valence-electron chi connectivity index (χ2n) is 5.55. The number of esters is 1. The van der Waals surface area contributed by atoms with E-state index in [1.165, 1.54) is 41.8 Å². The summed E-state index contributed by atoms with van der Waals surface area (Å²) in [6.07, 6.45) is 4.45. The lowest BCUT2D eigenvalue weighted by atomic mass is 10.1. The number of benzene rings is 1. The van der Waals surface area contributed by atoms with Crippen molar-refractivity contribution in [3.8, 4) is 0 Å². The van der Waals surface area contributed by atoms with Gasteiger partial charge in [0, 0.05) is 18.2 Å². The SMILES string of the molecule is O=C(OCC1CCCCO1)c1ccc(S(=O)(=O)Nc2nccs2)cc1. The molecule has 134 valence electrons. The largest absolute Gasteiger partial charge is 0.459 e. The summed E-state index contributed by atoms with van der Waals surface area (Å²) in [7, 11) is -3.73. The number of hydrogen-bond acceptors (Lipinski definition) is 7. The summed E-state index contributed by atoms with van der Waals surface area (Å²) in [5.74, 6) is -0.494. The lowest BCUT2D eigenvalue weighted by Crippen LogP contribution is -2.26. The maximum atomic E-state index is 12.2. The van der Waals surface area contributed by atoms with Gasteiger partial charge in [-0.15, -0.1) is 11.3 Å². The first kappa shape index (κ1) is 17.8. The van der Waals surface area contributed by atoms with Gasteiger partial charge in [-0.05, 0) is 43.5 Å². The summed E-state index contributed by atoms with van der Waals surface area (Å²) in [6, 6.07) is 5.59. The zero-order valence-corrected chi connectivity index (χ0v) is 15.0. The Labute approximate surface area is 150 Å². The van der Waals surface area contributed by atoms with Crippen molar-refractivity contribution in [3.63, 3.8) is 0 Å². The molecule has 0 spiro atoms. The van der Waals surface area contributed by atoms with E-state index in [2.05, 4.69) is 9.71 Å². The standard InChI is InChI=1S/C16H18N2O5S2/c19-15(23-11-13-3-1-2-9-22-13)12-4-6-14(7-5-12)25(20,21)18-16-17-8-10-24-16/h4-8,10,13H,1-3,9,11H2,(H,17,18). The minimum atomic E-state index is -3.73. The Kier molecular flexibility index (Phi) is 5.67. The molecule has 1 aromatic carbocycles. The van der Waals surface area contributed by atoms with Gasteiger partial charge >= 0.3 is 5.97 Å². The number of ether oxygens (including phenoxy) is 2. The highest BCUT2D eigenvalue weighted by Crippen LogP contribution is 2.19. The second-order valence-corrected chi connectivity index (χ2v) is 8.13. The molecule has 1 aliphatic heterocycles. The molecule has 0 bridgehead atoms. The number of rotatable bonds is 6. The zero-order valence-electron chi connectivity index (χ0n) is 13.4. The first-order valence-corrected chi connectivity index (χ1v) is 10.2. The maximum Gasteiger partial charge on any atom is 0.338 e. The fourth-order valence-electron chi connectivity index (χ4n) is 2.41. The van der Waals surface area contributed by atoms with E-state index >= 15 is 0 Å². The molecule has 1 atom stereocenters. The Morgan fingerprint density at radius 2 is 2.12 bits per heavy atom. The van der Waals surface area contributed by atoms with E-state index < -0.39 is 16.0 Å². The van der Waals surface area contributed by atoms with E-state index in [9.17, 15) is 13.2 Å². The van der Waals surface area contributed by atoms with Gasteiger partial charge in [0.1, 0.15) is 6.61 Å². The molecule has 0 saturated carbocycles. The molecule has 0 aliphatic carbocycles. The number of aromatic nitrogens is 1. The maximum absolute atomic E-state index is 12.2. The molecule has 2 heterocycles. The van der Waals surface area contributed by atoms with Crippen molar-refractivity contribution in [1.29, 1.82) is 0 Å². The predicted molar refractivity (Wildman–Crippen MR) is 93.2 cm³/mol. The molecule has 9 heteroatoms. The molecule has 1 aliphatic rings. The van der Waals surface area contributed by atoms with E-state index in [1.807, 2.05) is 0 Å². The fourth-order valence-corrected chi connectivity index (χ4v) is 4.20. The van der Waals surface area contributed by atoms with Crippen molar-refractivity contribution in [2.24, 2.45) is 0 Å². The van der Waals surface area contributed by atoms with Gasteiger partial charge in [0.05, 0.1) is 16.6 Å². The smallest absolute Gasteiger partial charge is 0.338 e. The molecule has 1 aromatic heterocycles. The number of sulfonamides is 1. The summed E-state index contributed by atoms with van der Waals surface area (Å²) < 4.78 is 37.6. The van der Waals surface area contributed by atoms with E-state index in [0.717, 1.165) is 19.3 Å². The molecular weight excluding hydrogens is 364 g/mol. The van der Waals surface area contributed by atoms with Gasteiger partial charge in [-0.1, -0.05) is 0 Å². The van der Waals surface area contributed by atoms with Gasteiger partial charge in [-0.3, -0.25) is 4.72 Å². The number of anilines is 1. The third kappa shape index (κ3) is 4.77. The molecule has 7 nitrogen and oxygen atoms in total. The van der Waals surface area contributed by atoms with Crippen LogP contribution in [0.5, 0.6) is 0 Å². The topological polar surface area (TPSA) is 94.6 Å². The van der Waals surface area contributed by atoms with Crippen molar-refractivity contribution < 1.29 is 22.7 Å². The first-order valence-electron chi connectivity index (χ1n) is 7.86. The van der Waals surface area contributed by atoms with E-state index in [4.69, 9.17) is 9.47 Å². The van der Waals surface area contributed by atoms with Crippen LogP contribution in [0.15, 0.2) is 40.7 Å². The highest BCUT2D eigenvalue weighted by Gasteiger charge is 2.19. The molecule has 3 rings (SSSR count). The molecule has 1 fully saturated rings. The van der Waals surface area contributed by atoms with Crippen LogP contribution in [-0.2, 0) is 19.5 Å². The quantitative estimate of drug-likeness (QED) is 0.772. The monoisotopic (exact) mass is 382 g/mol. The van der Waals surface area contributed by atoms with Crippen LogP contribution < -0.4 is 4.72 Å². The summed E-state index contributed by atoms with van der Waals surface area (Å²) in [5, 5.41) is 1.96. The Bertz CT molecular complexity index is 798. The predicted octanol–water partition coefficient (Wildman–Crippen LogP) is 2.67. The number of thiazole rings is 1. The molecular formula is C16H18N2O5S2. The first-order chi connectivity index (χ1) is 12.0. The zero-order chi connectivity index (χ0) is 17.7. The Morgan fingerprint density at radius 3 is 2.76 bits per heavy atom. The molecule has 1 unspecified atom stereocenters. The Morgan fingerprint density at radius 1 is 1.32 bits per heavy atom. The summed E-state index contributed by atoms with van der Waals surface area (Å²) in [4.78, 5) is 16.0. The molecule has 1 saturated heterocycles. The van der Waals surface area contributed by atoms with E-state index in [1.54, 1.807) is 5.38 Å². The second kappa shape index (κ2) is 7.94. The molecule has 2 aromatic rings. The third-order valence-corrected chi connectivity index (χ3v) is 5.90. The number of carbonyl (C=O) groups is 1. The van der Waals surface area contributed by atoms with Gasteiger partial charge in [0.2, 0.25) is 0 Å². The van der Waals surface area contributed by atoms with Crippen LogP contribution in [0.1, 0.15) is 29.6 Å². The molecule has 0 radical (unpaired) electrons. The summed E-state index contributed by atoms with van der Waals surface area (Å²) in [6.45, 7) is 0.908. The lowest BCUT2D eigenvalue weighted by Gasteiger charge is -2.22. The van der Waals surface area contributed by atoms with Crippen LogP contribution in [-0.4, -0.2) is 38.7 Å². The minimum Gasteiger partial charge on any atom is -0.459 e. The van der Waals surface area contributed by atoms with Gasteiger partial charge in [-0.25, -0.2) is 18.2 Å². The fraction of sp³-hybridized carbons (Fsp3) is 0.375. The van der Waals surface area contributed by atoms with Crippen molar-refractivity contribution >= 4 is 32.5 Å². The van der Waals surface area contributed by atoms with Crippen LogP contribution >= 0.6 is 11.3 Å². The number of carbonyl (C=O) groups excluding carboxylic acids is 1. The van der Waals surface area contributed by atoms with Crippen molar-refractivity contribution in [3.05, 3.63) is 41.4 Å². The number of nitrogens with one attached hydrogen (secondary N) is 1. The van der Waals surface area contributed by atoms with E-state index in [-0.39, 0.29) is 22.7 Å². The molecule has 1 N–H and O–H groups in total. The Hall–Kier alpha value is -1.97. The van der Waals surface area contributed by atoms with Crippen LogP contribution in [0, 0.1) is 0 Å². The van der Waals surface area contributed by atoms with E-state index in [0.29, 0.717) is 12.2 Å². The average Bonchev–Trinajstić information content (AvgIpc) is 3.13. The average molecular weight is 382 g/mol. The highest BCUT2D eigenvalue weighted by molar-refractivity contribution is 7.93. The van der Waals surface area contributed by atoms with Crippen molar-refractivity contribution in [1.82, 2.24) is 4.98 Å². The van der Waals surface area contributed by atoms with Gasteiger partial charge in [0.15, 0.2) is 5.13 Å². The highest BCUT2D eigenvalue weighted by atomic mass is 32.2. The van der Waals surface area contributed by atoms with Gasteiger partial charge in [-0.2, -0.15) is 0 Å². The lowest BCUT2D eigenvalue weighted by molar-refractivity contribution is -0.0300. The molecule has 25 heavy (non-hydrogen) atoms.